The summed E-state index contributed by atoms with van der Waals surface area (Å²) >= 11 is 5.31. The van der Waals surface area contributed by atoms with Crippen LogP contribution in [0.4, 0.5) is 11.6 Å². The first-order chi connectivity index (χ1) is 9.58. The lowest BCUT2D eigenvalue weighted by Gasteiger charge is -2.12. The molecule has 0 bridgehead atoms. The molecule has 2 rings (SSSR count). The van der Waals surface area contributed by atoms with E-state index in [0.29, 0.717) is 11.1 Å². The molecule has 0 aliphatic rings. The summed E-state index contributed by atoms with van der Waals surface area (Å²) in [5.74, 6) is 0.522. The Morgan fingerprint density at radius 2 is 1.75 bits per heavy atom. The highest BCUT2D eigenvalue weighted by Gasteiger charge is 2.05. The van der Waals surface area contributed by atoms with Crippen LogP contribution in [0.1, 0.15) is 23.9 Å². The van der Waals surface area contributed by atoms with Crippen LogP contribution in [0.25, 0.3) is 0 Å². The molecule has 0 fully saturated rings. The summed E-state index contributed by atoms with van der Waals surface area (Å²) < 4.78 is 0. The van der Waals surface area contributed by atoms with Crippen molar-refractivity contribution in [2.24, 2.45) is 0 Å². The second-order valence-electron chi connectivity index (χ2n) is 4.56. The van der Waals surface area contributed by atoms with Crippen LogP contribution >= 0.6 is 12.2 Å². The molecule has 4 nitrogen and oxygen atoms in total. The Bertz CT molecular complexity index is 605. The fraction of sp³-hybridized carbons (Fsp3) is 0.267. The van der Waals surface area contributed by atoms with Crippen LogP contribution in [-0.2, 0) is 6.42 Å². The first kappa shape index (κ1) is 14.4. The Balaban J connectivity index is 2.09. The third-order valence-corrected chi connectivity index (χ3v) is 3.06. The van der Waals surface area contributed by atoms with Crippen LogP contribution in [0.15, 0.2) is 30.3 Å². The van der Waals surface area contributed by atoms with Gasteiger partial charge in [0.15, 0.2) is 5.11 Å². The summed E-state index contributed by atoms with van der Waals surface area (Å²) in [7, 11) is 0. The van der Waals surface area contributed by atoms with Gasteiger partial charge in [-0.05, 0) is 50.2 Å². The summed E-state index contributed by atoms with van der Waals surface area (Å²) in [4.78, 5) is 8.62. The SMILES string of the molecule is CCc1ccccc1NC(=S)Nc1nc(C)cc(C)n1. The number of nitrogens with zero attached hydrogens (tertiary/aromatic N) is 2. The molecule has 5 heteroatoms. The molecule has 1 aromatic heterocycles. The lowest BCUT2D eigenvalue weighted by Crippen LogP contribution is -2.21. The lowest BCUT2D eigenvalue weighted by molar-refractivity contribution is 1.06. The Morgan fingerprint density at radius 3 is 2.40 bits per heavy atom. The third-order valence-electron chi connectivity index (χ3n) is 2.85. The quantitative estimate of drug-likeness (QED) is 0.846. The second kappa shape index (κ2) is 6.43. The van der Waals surface area contributed by atoms with E-state index in [2.05, 4.69) is 33.6 Å². The Labute approximate surface area is 124 Å². The standard InChI is InChI=1S/C15H18N4S/c1-4-12-7-5-6-8-13(12)18-15(20)19-14-16-10(2)9-11(3)17-14/h5-9H,4H2,1-3H3,(H2,16,17,18,19,20). The van der Waals surface area contributed by atoms with Gasteiger partial charge in [0.05, 0.1) is 0 Å². The minimum Gasteiger partial charge on any atom is -0.332 e. The summed E-state index contributed by atoms with van der Waals surface area (Å²) in [6, 6.07) is 10.0. The average molecular weight is 286 g/mol. The molecule has 1 heterocycles. The number of aromatic nitrogens is 2. The molecule has 0 amide bonds. The van der Waals surface area contributed by atoms with E-state index in [1.54, 1.807) is 0 Å². The predicted molar refractivity (Wildman–Crippen MR) is 87.2 cm³/mol. The Hall–Kier alpha value is -2.01. The van der Waals surface area contributed by atoms with Crippen molar-refractivity contribution in [3.05, 3.63) is 47.3 Å². The minimum absolute atomic E-state index is 0.496. The van der Waals surface area contributed by atoms with Gasteiger partial charge in [-0.2, -0.15) is 0 Å². The number of aryl methyl sites for hydroxylation is 3. The molecule has 104 valence electrons. The van der Waals surface area contributed by atoms with Gasteiger partial charge >= 0.3 is 0 Å². The molecular weight excluding hydrogens is 268 g/mol. The zero-order valence-corrected chi connectivity index (χ0v) is 12.7. The maximum absolute atomic E-state index is 5.31. The summed E-state index contributed by atoms with van der Waals surface area (Å²) in [6.45, 7) is 5.98. The Kier molecular flexibility index (Phi) is 4.63. The van der Waals surface area contributed by atoms with E-state index < -0.39 is 0 Å². The van der Waals surface area contributed by atoms with Crippen molar-refractivity contribution in [2.75, 3.05) is 10.6 Å². The molecule has 2 aromatic rings. The van der Waals surface area contributed by atoms with E-state index in [4.69, 9.17) is 12.2 Å². The number of hydrogen-bond acceptors (Lipinski definition) is 3. The highest BCUT2D eigenvalue weighted by Crippen LogP contribution is 2.15. The second-order valence-corrected chi connectivity index (χ2v) is 4.97. The topological polar surface area (TPSA) is 49.8 Å². The van der Waals surface area contributed by atoms with Crippen LogP contribution in [-0.4, -0.2) is 15.1 Å². The first-order valence-corrected chi connectivity index (χ1v) is 6.97. The molecule has 2 N–H and O–H groups in total. The van der Waals surface area contributed by atoms with Crippen LogP contribution in [0.2, 0.25) is 0 Å². The van der Waals surface area contributed by atoms with Gasteiger partial charge in [-0.15, -0.1) is 0 Å². The number of rotatable bonds is 3. The van der Waals surface area contributed by atoms with Crippen molar-refractivity contribution < 1.29 is 0 Å². The van der Waals surface area contributed by atoms with Crippen molar-refractivity contribution in [3.63, 3.8) is 0 Å². The molecule has 0 spiro atoms. The summed E-state index contributed by atoms with van der Waals surface area (Å²) in [5, 5.41) is 6.71. The fourth-order valence-corrected chi connectivity index (χ4v) is 2.19. The van der Waals surface area contributed by atoms with Gasteiger partial charge < -0.3 is 10.6 Å². The van der Waals surface area contributed by atoms with Gasteiger partial charge in [-0.1, -0.05) is 25.1 Å². The van der Waals surface area contributed by atoms with Crippen LogP contribution in [0.3, 0.4) is 0 Å². The normalized spacial score (nSPS) is 10.2. The van der Waals surface area contributed by atoms with Gasteiger partial charge in [-0.25, -0.2) is 9.97 Å². The van der Waals surface area contributed by atoms with Crippen LogP contribution < -0.4 is 10.6 Å². The summed E-state index contributed by atoms with van der Waals surface area (Å²) in [6.07, 6.45) is 0.950. The van der Waals surface area contributed by atoms with Crippen molar-refractivity contribution in [1.29, 1.82) is 0 Å². The smallest absolute Gasteiger partial charge is 0.229 e. The Morgan fingerprint density at radius 1 is 1.10 bits per heavy atom. The van der Waals surface area contributed by atoms with Gasteiger partial charge in [0.25, 0.3) is 0 Å². The van der Waals surface area contributed by atoms with Crippen molar-refractivity contribution in [1.82, 2.24) is 9.97 Å². The minimum atomic E-state index is 0.496. The molecule has 20 heavy (non-hydrogen) atoms. The number of benzene rings is 1. The van der Waals surface area contributed by atoms with Crippen LogP contribution in [0, 0.1) is 13.8 Å². The third kappa shape index (κ3) is 3.74. The van der Waals surface area contributed by atoms with Crippen molar-refractivity contribution >= 4 is 29.0 Å². The van der Waals surface area contributed by atoms with E-state index in [9.17, 15) is 0 Å². The molecule has 0 saturated carbocycles. The van der Waals surface area contributed by atoms with Gasteiger partial charge in [-0.3, -0.25) is 0 Å². The van der Waals surface area contributed by atoms with E-state index >= 15 is 0 Å². The number of anilines is 2. The average Bonchev–Trinajstić information content (AvgIpc) is 2.37. The van der Waals surface area contributed by atoms with Crippen molar-refractivity contribution in [3.8, 4) is 0 Å². The van der Waals surface area contributed by atoms with Crippen molar-refractivity contribution in [2.45, 2.75) is 27.2 Å². The molecular formula is C15H18N4S. The highest BCUT2D eigenvalue weighted by molar-refractivity contribution is 7.80. The van der Waals surface area contributed by atoms with E-state index in [1.165, 1.54) is 5.56 Å². The van der Waals surface area contributed by atoms with E-state index in [1.807, 2.05) is 38.1 Å². The molecule has 0 radical (unpaired) electrons. The molecule has 0 atom stereocenters. The number of nitrogens with one attached hydrogen (secondary N) is 2. The maximum atomic E-state index is 5.31. The molecule has 0 unspecified atom stereocenters. The monoisotopic (exact) mass is 286 g/mol. The summed E-state index contributed by atoms with van der Waals surface area (Å²) in [5.41, 5.74) is 4.06. The fourth-order valence-electron chi connectivity index (χ4n) is 1.99. The number of hydrogen-bond donors (Lipinski definition) is 2. The number of para-hydroxylation sites is 1. The lowest BCUT2D eigenvalue weighted by atomic mass is 10.1. The van der Waals surface area contributed by atoms with Gasteiger partial charge in [0, 0.05) is 17.1 Å². The largest absolute Gasteiger partial charge is 0.332 e. The van der Waals surface area contributed by atoms with E-state index in [0.717, 1.165) is 23.5 Å². The van der Waals surface area contributed by atoms with Gasteiger partial charge in [0.1, 0.15) is 0 Å². The molecule has 1 aromatic carbocycles. The predicted octanol–water partition coefficient (Wildman–Crippen LogP) is 3.46. The maximum Gasteiger partial charge on any atom is 0.229 e. The zero-order valence-electron chi connectivity index (χ0n) is 11.9. The molecule has 0 saturated heterocycles. The van der Waals surface area contributed by atoms with Crippen LogP contribution in [0.5, 0.6) is 0 Å². The number of thiocarbonyl (C=S) groups is 1. The van der Waals surface area contributed by atoms with Gasteiger partial charge in [0.2, 0.25) is 5.95 Å². The zero-order chi connectivity index (χ0) is 14.5. The van der Waals surface area contributed by atoms with E-state index in [-0.39, 0.29) is 0 Å². The first-order valence-electron chi connectivity index (χ1n) is 6.56. The highest BCUT2D eigenvalue weighted by atomic mass is 32.1. The molecule has 0 aliphatic carbocycles. The molecule has 0 aliphatic heterocycles.